The van der Waals surface area contributed by atoms with Crippen LogP contribution in [-0.2, 0) is 6.42 Å². The van der Waals surface area contributed by atoms with Crippen molar-refractivity contribution >= 4 is 11.3 Å². The van der Waals surface area contributed by atoms with Crippen LogP contribution in [0, 0.1) is 11.8 Å². The van der Waals surface area contributed by atoms with Crippen LogP contribution in [0.2, 0.25) is 0 Å². The summed E-state index contributed by atoms with van der Waals surface area (Å²) in [6.45, 7) is 9.14. The van der Waals surface area contributed by atoms with E-state index in [9.17, 15) is 0 Å². The van der Waals surface area contributed by atoms with Crippen molar-refractivity contribution in [3.05, 3.63) is 22.4 Å². The highest BCUT2D eigenvalue weighted by Crippen LogP contribution is 2.12. The van der Waals surface area contributed by atoms with Gasteiger partial charge in [0.15, 0.2) is 0 Å². The Morgan fingerprint density at radius 3 is 2.67 bits per heavy atom. The highest BCUT2D eigenvalue weighted by atomic mass is 32.1. The van der Waals surface area contributed by atoms with Crippen molar-refractivity contribution in [1.29, 1.82) is 0 Å². The third-order valence-corrected chi connectivity index (χ3v) is 3.28. The Balaban J connectivity index is 2.06. The van der Waals surface area contributed by atoms with E-state index in [2.05, 4.69) is 42.9 Å². The molecule has 1 aromatic heterocycles. The first-order chi connectivity index (χ1) is 7.18. The Bertz CT molecular complexity index is 241. The van der Waals surface area contributed by atoms with Crippen molar-refractivity contribution in [2.24, 2.45) is 11.8 Å². The van der Waals surface area contributed by atoms with Crippen LogP contribution in [0.25, 0.3) is 0 Å². The molecule has 0 aliphatic rings. The minimum absolute atomic E-state index is 0.758. The van der Waals surface area contributed by atoms with Crippen LogP contribution >= 0.6 is 11.3 Å². The Morgan fingerprint density at radius 2 is 2.07 bits per heavy atom. The van der Waals surface area contributed by atoms with Gasteiger partial charge in [-0.15, -0.1) is 0 Å². The Morgan fingerprint density at radius 1 is 1.27 bits per heavy atom. The molecule has 0 saturated heterocycles. The van der Waals surface area contributed by atoms with Gasteiger partial charge in [0.25, 0.3) is 0 Å². The number of hydrogen-bond donors (Lipinski definition) is 1. The van der Waals surface area contributed by atoms with Crippen LogP contribution in [0.15, 0.2) is 16.8 Å². The molecule has 0 amide bonds. The summed E-state index contributed by atoms with van der Waals surface area (Å²) in [4.78, 5) is 0. The molecule has 1 rings (SSSR count). The summed E-state index contributed by atoms with van der Waals surface area (Å²) in [6.07, 6.45) is 2.52. The lowest BCUT2D eigenvalue weighted by Crippen LogP contribution is -2.25. The van der Waals surface area contributed by atoms with E-state index in [1.807, 2.05) is 0 Å². The predicted octanol–water partition coefficient (Wildman–Crippen LogP) is 3.56. The molecule has 15 heavy (non-hydrogen) atoms. The highest BCUT2D eigenvalue weighted by molar-refractivity contribution is 7.07. The molecule has 0 radical (unpaired) electrons. The molecule has 2 heteroatoms. The van der Waals surface area contributed by atoms with Gasteiger partial charge in [-0.3, -0.25) is 0 Å². The van der Waals surface area contributed by atoms with Gasteiger partial charge in [-0.25, -0.2) is 0 Å². The van der Waals surface area contributed by atoms with E-state index in [0.29, 0.717) is 0 Å². The standard InChI is InChI=1S/C13H23NS/c1-11(2)8-14-9-12(3)4-5-13-6-7-15-10-13/h6-7,10-12,14H,4-5,8-9H2,1-3H3. The van der Waals surface area contributed by atoms with Crippen molar-refractivity contribution in [3.8, 4) is 0 Å². The predicted molar refractivity (Wildman–Crippen MR) is 69.5 cm³/mol. The zero-order chi connectivity index (χ0) is 11.1. The second-order valence-electron chi connectivity index (χ2n) is 4.83. The molecule has 1 unspecified atom stereocenters. The average molecular weight is 225 g/mol. The second-order valence-corrected chi connectivity index (χ2v) is 5.61. The second kappa shape index (κ2) is 7.02. The number of thiophene rings is 1. The molecule has 0 saturated carbocycles. The maximum absolute atomic E-state index is 3.52. The normalized spacial score (nSPS) is 13.3. The molecule has 1 N–H and O–H groups in total. The van der Waals surface area contributed by atoms with E-state index in [1.165, 1.54) is 18.4 Å². The number of rotatable bonds is 7. The fourth-order valence-corrected chi connectivity index (χ4v) is 2.27. The quantitative estimate of drug-likeness (QED) is 0.748. The SMILES string of the molecule is CC(C)CNCC(C)CCc1ccsc1. The van der Waals surface area contributed by atoms with Crippen molar-refractivity contribution < 1.29 is 0 Å². The summed E-state index contributed by atoms with van der Waals surface area (Å²) < 4.78 is 0. The Hall–Kier alpha value is -0.340. The van der Waals surface area contributed by atoms with Crippen LogP contribution in [0.5, 0.6) is 0 Å². The summed E-state index contributed by atoms with van der Waals surface area (Å²) >= 11 is 1.80. The molecule has 1 nitrogen and oxygen atoms in total. The third-order valence-electron chi connectivity index (χ3n) is 2.55. The average Bonchev–Trinajstić information content (AvgIpc) is 2.66. The fourth-order valence-electron chi connectivity index (χ4n) is 1.57. The molecule has 1 heterocycles. The third kappa shape index (κ3) is 5.95. The van der Waals surface area contributed by atoms with Crippen molar-refractivity contribution in [1.82, 2.24) is 5.32 Å². The molecule has 0 aliphatic carbocycles. The summed E-state index contributed by atoms with van der Waals surface area (Å²) in [5, 5.41) is 7.94. The van der Waals surface area contributed by atoms with Crippen LogP contribution in [0.1, 0.15) is 32.8 Å². The molecule has 1 aromatic rings. The minimum Gasteiger partial charge on any atom is -0.316 e. The molecule has 1 atom stereocenters. The van der Waals surface area contributed by atoms with E-state index in [4.69, 9.17) is 0 Å². The van der Waals surface area contributed by atoms with Gasteiger partial charge in [0.2, 0.25) is 0 Å². The Kier molecular flexibility index (Phi) is 5.96. The topological polar surface area (TPSA) is 12.0 Å². The van der Waals surface area contributed by atoms with Gasteiger partial charge in [0, 0.05) is 0 Å². The molecular weight excluding hydrogens is 202 g/mol. The molecule has 86 valence electrons. The lowest BCUT2D eigenvalue weighted by molar-refractivity contribution is 0.454. The smallest absolute Gasteiger partial charge is 0.00229 e. The summed E-state index contributed by atoms with van der Waals surface area (Å²) in [5.41, 5.74) is 1.50. The first-order valence-electron chi connectivity index (χ1n) is 5.90. The fraction of sp³-hybridized carbons (Fsp3) is 0.692. The molecular formula is C13H23NS. The minimum atomic E-state index is 0.758. The maximum Gasteiger partial charge on any atom is -0.00229 e. The number of aryl methyl sites for hydroxylation is 1. The van der Waals surface area contributed by atoms with E-state index in [-0.39, 0.29) is 0 Å². The van der Waals surface area contributed by atoms with Crippen LogP contribution in [0.4, 0.5) is 0 Å². The zero-order valence-electron chi connectivity index (χ0n) is 10.1. The highest BCUT2D eigenvalue weighted by Gasteiger charge is 2.03. The van der Waals surface area contributed by atoms with E-state index in [1.54, 1.807) is 11.3 Å². The first kappa shape index (κ1) is 12.7. The molecule has 0 spiro atoms. The lowest BCUT2D eigenvalue weighted by atomic mass is 10.0. The van der Waals surface area contributed by atoms with Gasteiger partial charge in [-0.1, -0.05) is 20.8 Å². The summed E-state index contributed by atoms with van der Waals surface area (Å²) in [6, 6.07) is 2.24. The van der Waals surface area contributed by atoms with Gasteiger partial charge in [-0.05, 0) is 60.2 Å². The van der Waals surface area contributed by atoms with E-state index < -0.39 is 0 Å². The number of nitrogens with one attached hydrogen (secondary N) is 1. The van der Waals surface area contributed by atoms with Gasteiger partial charge in [0.1, 0.15) is 0 Å². The van der Waals surface area contributed by atoms with E-state index >= 15 is 0 Å². The van der Waals surface area contributed by atoms with Gasteiger partial charge in [0.05, 0.1) is 0 Å². The largest absolute Gasteiger partial charge is 0.316 e. The molecule has 0 aromatic carbocycles. The van der Waals surface area contributed by atoms with E-state index in [0.717, 1.165) is 24.9 Å². The van der Waals surface area contributed by atoms with Crippen LogP contribution in [0.3, 0.4) is 0 Å². The van der Waals surface area contributed by atoms with Gasteiger partial charge >= 0.3 is 0 Å². The Labute approximate surface area is 97.9 Å². The maximum atomic E-state index is 3.52. The van der Waals surface area contributed by atoms with Gasteiger partial charge in [-0.2, -0.15) is 11.3 Å². The van der Waals surface area contributed by atoms with Crippen molar-refractivity contribution in [2.45, 2.75) is 33.6 Å². The molecule has 0 fully saturated rings. The zero-order valence-corrected chi connectivity index (χ0v) is 10.9. The molecule has 0 bridgehead atoms. The first-order valence-corrected chi connectivity index (χ1v) is 6.84. The summed E-state index contributed by atoms with van der Waals surface area (Å²) in [7, 11) is 0. The van der Waals surface area contributed by atoms with Crippen molar-refractivity contribution in [3.63, 3.8) is 0 Å². The lowest BCUT2D eigenvalue weighted by Gasteiger charge is -2.13. The monoisotopic (exact) mass is 225 g/mol. The number of hydrogen-bond acceptors (Lipinski definition) is 2. The van der Waals surface area contributed by atoms with Crippen LogP contribution < -0.4 is 5.32 Å². The van der Waals surface area contributed by atoms with Crippen molar-refractivity contribution in [2.75, 3.05) is 13.1 Å². The summed E-state index contributed by atoms with van der Waals surface area (Å²) in [5.74, 6) is 1.54. The van der Waals surface area contributed by atoms with Gasteiger partial charge < -0.3 is 5.32 Å². The van der Waals surface area contributed by atoms with Crippen LogP contribution in [-0.4, -0.2) is 13.1 Å². The molecule has 0 aliphatic heterocycles.